The quantitative estimate of drug-likeness (QED) is 0.735. The highest BCUT2D eigenvalue weighted by atomic mass is 16.7. The maximum absolute atomic E-state index is 11.9. The second-order valence-corrected chi connectivity index (χ2v) is 3.73. The predicted octanol–water partition coefficient (Wildman–Crippen LogP) is 1.96. The molecule has 0 N–H and O–H groups in total. The van der Waals surface area contributed by atoms with E-state index >= 15 is 0 Å². The van der Waals surface area contributed by atoms with E-state index in [1.807, 2.05) is 24.3 Å². The molecule has 17 heavy (non-hydrogen) atoms. The summed E-state index contributed by atoms with van der Waals surface area (Å²) in [6, 6.07) is 7.83. The molecule has 94 valence electrons. The van der Waals surface area contributed by atoms with Crippen LogP contribution in [0, 0.1) is 0 Å². The fraction of sp³-hybridized carbons (Fsp3) is 0.462. The summed E-state index contributed by atoms with van der Waals surface area (Å²) in [6.45, 7) is 2.09. The van der Waals surface area contributed by atoms with Crippen molar-refractivity contribution < 1.29 is 14.4 Å². The van der Waals surface area contributed by atoms with Gasteiger partial charge in [-0.05, 0) is 17.5 Å². The van der Waals surface area contributed by atoms with Crippen molar-refractivity contribution in [2.75, 3.05) is 21.3 Å². The molecule has 0 aliphatic heterocycles. The van der Waals surface area contributed by atoms with Gasteiger partial charge >= 0.3 is 0 Å². The van der Waals surface area contributed by atoms with Gasteiger partial charge in [-0.2, -0.15) is 0 Å². The Balaban J connectivity index is 2.89. The summed E-state index contributed by atoms with van der Waals surface area (Å²) in [7, 11) is 4.53. The number of hydrogen-bond acceptors (Lipinski definition) is 3. The highest BCUT2D eigenvalue weighted by Gasteiger charge is 2.23. The fourth-order valence-corrected chi connectivity index (χ4v) is 1.56. The van der Waals surface area contributed by atoms with Gasteiger partial charge in [-0.25, -0.2) is 5.06 Å². The Morgan fingerprint density at radius 2 is 1.88 bits per heavy atom. The average Bonchev–Trinajstić information content (AvgIpc) is 2.39. The van der Waals surface area contributed by atoms with E-state index in [1.54, 1.807) is 7.05 Å². The highest BCUT2D eigenvalue weighted by molar-refractivity contribution is 5.81. The lowest BCUT2D eigenvalue weighted by molar-refractivity contribution is -0.179. The van der Waals surface area contributed by atoms with Crippen molar-refractivity contribution in [1.29, 1.82) is 0 Å². The number of rotatable bonds is 5. The third kappa shape index (κ3) is 3.28. The number of hydroxylamine groups is 2. The number of ether oxygens (including phenoxy) is 1. The van der Waals surface area contributed by atoms with Crippen molar-refractivity contribution in [3.05, 3.63) is 35.4 Å². The van der Waals surface area contributed by atoms with E-state index in [9.17, 15) is 4.79 Å². The van der Waals surface area contributed by atoms with Gasteiger partial charge in [-0.1, -0.05) is 31.2 Å². The first-order chi connectivity index (χ1) is 8.13. The standard InChI is InChI=1S/C13H19NO3/c1-5-10-6-8-11(9-7-10)12(16-3)13(15)14(2)17-4/h6-9,12H,5H2,1-4H3. The first-order valence-corrected chi connectivity index (χ1v) is 5.57. The van der Waals surface area contributed by atoms with Crippen LogP contribution in [0.4, 0.5) is 0 Å². The largest absolute Gasteiger partial charge is 0.367 e. The summed E-state index contributed by atoms with van der Waals surface area (Å²) in [6.07, 6.45) is 0.356. The van der Waals surface area contributed by atoms with Crippen molar-refractivity contribution in [3.8, 4) is 0 Å². The van der Waals surface area contributed by atoms with Gasteiger partial charge in [-0.15, -0.1) is 0 Å². The molecule has 0 heterocycles. The monoisotopic (exact) mass is 237 g/mol. The van der Waals surface area contributed by atoms with E-state index in [0.29, 0.717) is 0 Å². The summed E-state index contributed by atoms with van der Waals surface area (Å²) in [4.78, 5) is 16.8. The number of nitrogens with zero attached hydrogens (tertiary/aromatic N) is 1. The topological polar surface area (TPSA) is 38.8 Å². The number of carbonyl (C=O) groups is 1. The predicted molar refractivity (Wildman–Crippen MR) is 65.3 cm³/mol. The third-order valence-corrected chi connectivity index (χ3v) is 2.73. The molecule has 0 saturated heterocycles. The van der Waals surface area contributed by atoms with Crippen LogP contribution in [0.25, 0.3) is 0 Å². The molecule has 1 aromatic rings. The van der Waals surface area contributed by atoms with E-state index < -0.39 is 6.10 Å². The van der Waals surface area contributed by atoms with E-state index in [-0.39, 0.29) is 5.91 Å². The van der Waals surface area contributed by atoms with Crippen molar-refractivity contribution in [1.82, 2.24) is 5.06 Å². The molecular weight excluding hydrogens is 218 g/mol. The van der Waals surface area contributed by atoms with Crippen LogP contribution in [-0.2, 0) is 20.8 Å². The number of likely N-dealkylation sites (N-methyl/N-ethyl adjacent to an activating group) is 1. The minimum Gasteiger partial charge on any atom is -0.367 e. The highest BCUT2D eigenvalue weighted by Crippen LogP contribution is 2.19. The normalized spacial score (nSPS) is 12.2. The van der Waals surface area contributed by atoms with Crippen LogP contribution in [0.3, 0.4) is 0 Å². The Labute approximate surface area is 102 Å². The van der Waals surface area contributed by atoms with Gasteiger partial charge in [0, 0.05) is 14.2 Å². The minimum absolute atomic E-state index is 0.223. The maximum Gasteiger partial charge on any atom is 0.279 e. The van der Waals surface area contributed by atoms with Gasteiger partial charge < -0.3 is 4.74 Å². The number of carbonyl (C=O) groups excluding carboxylic acids is 1. The molecule has 0 bridgehead atoms. The van der Waals surface area contributed by atoms with Crippen LogP contribution in [0.1, 0.15) is 24.2 Å². The Morgan fingerprint density at radius 1 is 1.29 bits per heavy atom. The first-order valence-electron chi connectivity index (χ1n) is 5.57. The summed E-state index contributed by atoms with van der Waals surface area (Å²) < 4.78 is 5.22. The molecular formula is C13H19NO3. The minimum atomic E-state index is -0.620. The molecule has 4 nitrogen and oxygen atoms in total. The van der Waals surface area contributed by atoms with E-state index in [0.717, 1.165) is 12.0 Å². The molecule has 4 heteroatoms. The maximum atomic E-state index is 11.9. The van der Waals surface area contributed by atoms with Crippen LogP contribution in [0.2, 0.25) is 0 Å². The van der Waals surface area contributed by atoms with Crippen molar-refractivity contribution >= 4 is 5.91 Å². The average molecular weight is 237 g/mol. The fourth-order valence-electron chi connectivity index (χ4n) is 1.56. The van der Waals surface area contributed by atoms with Crippen LogP contribution < -0.4 is 0 Å². The molecule has 1 unspecified atom stereocenters. The Bertz CT molecular complexity index is 361. The lowest BCUT2D eigenvalue weighted by Crippen LogP contribution is -2.31. The summed E-state index contributed by atoms with van der Waals surface area (Å²) in [5, 5.41) is 1.17. The molecule has 1 atom stereocenters. The number of benzene rings is 1. The Hall–Kier alpha value is -1.39. The van der Waals surface area contributed by atoms with E-state index in [4.69, 9.17) is 9.57 Å². The van der Waals surface area contributed by atoms with Crippen LogP contribution in [0.15, 0.2) is 24.3 Å². The van der Waals surface area contributed by atoms with Crippen LogP contribution >= 0.6 is 0 Å². The number of amides is 1. The van der Waals surface area contributed by atoms with Crippen LogP contribution in [0.5, 0.6) is 0 Å². The van der Waals surface area contributed by atoms with Gasteiger partial charge in [0.05, 0.1) is 7.11 Å². The van der Waals surface area contributed by atoms with Crippen LogP contribution in [-0.4, -0.2) is 32.2 Å². The smallest absolute Gasteiger partial charge is 0.279 e. The van der Waals surface area contributed by atoms with E-state index in [2.05, 4.69) is 6.92 Å². The van der Waals surface area contributed by atoms with Crippen molar-refractivity contribution in [3.63, 3.8) is 0 Å². The number of hydrogen-bond donors (Lipinski definition) is 0. The zero-order valence-electron chi connectivity index (χ0n) is 10.8. The molecule has 0 fully saturated rings. The van der Waals surface area contributed by atoms with Crippen molar-refractivity contribution in [2.45, 2.75) is 19.4 Å². The number of aryl methyl sites for hydroxylation is 1. The molecule has 0 aromatic heterocycles. The summed E-state index contributed by atoms with van der Waals surface area (Å²) >= 11 is 0. The van der Waals surface area contributed by atoms with Gasteiger partial charge in [0.2, 0.25) is 0 Å². The Morgan fingerprint density at radius 3 is 2.29 bits per heavy atom. The molecule has 1 aromatic carbocycles. The zero-order valence-corrected chi connectivity index (χ0v) is 10.8. The number of methoxy groups -OCH3 is 1. The van der Waals surface area contributed by atoms with E-state index in [1.165, 1.54) is 24.8 Å². The van der Waals surface area contributed by atoms with Gasteiger partial charge in [0.15, 0.2) is 6.10 Å². The summed E-state index contributed by atoms with van der Waals surface area (Å²) in [5.74, 6) is -0.223. The first kappa shape index (κ1) is 13.7. The third-order valence-electron chi connectivity index (χ3n) is 2.73. The lowest BCUT2D eigenvalue weighted by Gasteiger charge is -2.21. The lowest BCUT2D eigenvalue weighted by atomic mass is 10.1. The van der Waals surface area contributed by atoms with Gasteiger partial charge in [-0.3, -0.25) is 9.63 Å². The summed E-state index contributed by atoms with van der Waals surface area (Å²) in [5.41, 5.74) is 2.06. The van der Waals surface area contributed by atoms with Gasteiger partial charge in [0.1, 0.15) is 0 Å². The SMILES string of the molecule is CCc1ccc(C(OC)C(=O)N(C)OC)cc1. The van der Waals surface area contributed by atoms with Gasteiger partial charge in [0.25, 0.3) is 5.91 Å². The molecule has 1 amide bonds. The molecule has 0 spiro atoms. The zero-order chi connectivity index (χ0) is 12.8. The second-order valence-electron chi connectivity index (χ2n) is 3.73. The Kier molecular flexibility index (Phi) is 5.12. The second kappa shape index (κ2) is 6.37. The molecule has 0 aliphatic carbocycles. The molecule has 0 radical (unpaired) electrons. The molecule has 0 saturated carbocycles. The van der Waals surface area contributed by atoms with Crippen molar-refractivity contribution in [2.24, 2.45) is 0 Å². The molecule has 1 rings (SSSR count). The molecule has 0 aliphatic rings.